The van der Waals surface area contributed by atoms with Crippen LogP contribution in [0.5, 0.6) is 5.75 Å². The Labute approximate surface area is 171 Å². The third-order valence-corrected chi connectivity index (χ3v) is 7.19. The zero-order chi connectivity index (χ0) is 20.9. The Morgan fingerprint density at radius 2 is 2.00 bits per heavy atom. The molecule has 0 bridgehead atoms. The van der Waals surface area contributed by atoms with Crippen LogP contribution in [0.1, 0.15) is 22.5 Å². The van der Waals surface area contributed by atoms with Gasteiger partial charge in [0.05, 0.1) is 16.4 Å². The highest BCUT2D eigenvalue weighted by atomic mass is 32.2. The summed E-state index contributed by atoms with van der Waals surface area (Å²) in [4.78, 5) is 24.7. The van der Waals surface area contributed by atoms with E-state index in [9.17, 15) is 18.0 Å². The fourth-order valence-corrected chi connectivity index (χ4v) is 4.79. The highest BCUT2D eigenvalue weighted by Gasteiger charge is 2.24. The summed E-state index contributed by atoms with van der Waals surface area (Å²) in [6.45, 7) is 0.552. The lowest BCUT2D eigenvalue weighted by atomic mass is 10.0. The minimum atomic E-state index is -3.44. The van der Waals surface area contributed by atoms with E-state index in [0.29, 0.717) is 39.5 Å². The third kappa shape index (κ3) is 3.79. The molecule has 29 heavy (non-hydrogen) atoms. The van der Waals surface area contributed by atoms with Gasteiger partial charge in [-0.05, 0) is 43.0 Å². The van der Waals surface area contributed by atoms with Crippen molar-refractivity contribution in [3.63, 3.8) is 0 Å². The molecule has 0 spiro atoms. The first-order chi connectivity index (χ1) is 13.6. The van der Waals surface area contributed by atoms with Gasteiger partial charge in [-0.3, -0.25) is 9.59 Å². The molecule has 1 aliphatic rings. The van der Waals surface area contributed by atoms with Crippen molar-refractivity contribution < 1.29 is 17.9 Å². The van der Waals surface area contributed by atoms with Crippen molar-refractivity contribution in [1.29, 1.82) is 0 Å². The van der Waals surface area contributed by atoms with Crippen molar-refractivity contribution in [2.45, 2.75) is 17.7 Å². The van der Waals surface area contributed by atoms with E-state index >= 15 is 0 Å². The summed E-state index contributed by atoms with van der Waals surface area (Å²) >= 11 is 1.03. The molecule has 152 valence electrons. The molecular weight excluding hydrogens is 412 g/mol. The highest BCUT2D eigenvalue weighted by Crippen LogP contribution is 2.39. The fraction of sp³-hybridized carbons (Fsp3) is 0.300. The molecule has 9 heteroatoms. The summed E-state index contributed by atoms with van der Waals surface area (Å²) in [6, 6.07) is 6.30. The number of hydrogen-bond acceptors (Lipinski definition) is 6. The lowest BCUT2D eigenvalue weighted by Crippen LogP contribution is -2.15. The van der Waals surface area contributed by atoms with E-state index < -0.39 is 15.7 Å². The van der Waals surface area contributed by atoms with Crippen LogP contribution in [-0.2, 0) is 16.9 Å². The van der Waals surface area contributed by atoms with Gasteiger partial charge in [0, 0.05) is 36.0 Å². The van der Waals surface area contributed by atoms with Gasteiger partial charge in [0.2, 0.25) is 0 Å². The van der Waals surface area contributed by atoms with Gasteiger partial charge in [-0.25, -0.2) is 8.42 Å². The predicted molar refractivity (Wildman–Crippen MR) is 112 cm³/mol. The van der Waals surface area contributed by atoms with E-state index in [1.165, 1.54) is 10.6 Å². The smallest absolute Gasteiger partial charge is 0.268 e. The number of amides is 1. The highest BCUT2D eigenvalue weighted by molar-refractivity contribution is 7.90. The number of aromatic nitrogens is 1. The molecule has 0 saturated heterocycles. The maximum Gasteiger partial charge on any atom is 0.268 e. The first-order valence-corrected chi connectivity index (χ1v) is 11.8. The molecule has 4 rings (SSSR count). The number of nitrogens with two attached hydrogens (primary N) is 1. The standard InChI is InChI=1S/C20H20N2O5S2/c1-22-9-15(14-8-17(19(21)23)28-18(14)20(22)24)13-7-12(29(2,25)26)5-6-16(13)27-10-11-3-4-11/h5-9,11H,3-4,10H2,1-2H3,(H2,21,23). The van der Waals surface area contributed by atoms with Crippen LogP contribution in [0, 0.1) is 5.92 Å². The molecule has 2 heterocycles. The number of pyridine rings is 1. The molecule has 0 aliphatic heterocycles. The minimum absolute atomic E-state index is 0.152. The molecule has 1 aromatic carbocycles. The zero-order valence-electron chi connectivity index (χ0n) is 16.0. The second-order valence-electron chi connectivity index (χ2n) is 7.36. The van der Waals surface area contributed by atoms with Crippen molar-refractivity contribution in [1.82, 2.24) is 4.57 Å². The molecule has 2 aromatic heterocycles. The molecule has 1 fully saturated rings. The van der Waals surface area contributed by atoms with Crippen molar-refractivity contribution in [2.24, 2.45) is 18.7 Å². The largest absolute Gasteiger partial charge is 0.493 e. The summed E-state index contributed by atoms with van der Waals surface area (Å²) in [7, 11) is -1.83. The number of rotatable bonds is 6. The monoisotopic (exact) mass is 432 g/mol. The number of hydrogen-bond donors (Lipinski definition) is 1. The van der Waals surface area contributed by atoms with Crippen LogP contribution in [0.3, 0.4) is 0 Å². The lowest BCUT2D eigenvalue weighted by Gasteiger charge is -2.14. The summed E-state index contributed by atoms with van der Waals surface area (Å²) in [6.07, 6.45) is 5.01. The molecule has 1 saturated carbocycles. The number of nitrogens with zero attached hydrogens (tertiary/aromatic N) is 1. The Bertz CT molecular complexity index is 1300. The Kier molecular flexibility index (Phi) is 4.74. The van der Waals surface area contributed by atoms with Gasteiger partial charge in [-0.2, -0.15) is 0 Å². The number of carbonyl (C=O) groups excluding carboxylic acids is 1. The van der Waals surface area contributed by atoms with E-state index in [1.807, 2.05) is 0 Å². The summed E-state index contributed by atoms with van der Waals surface area (Å²) in [5.74, 6) is 0.436. The van der Waals surface area contributed by atoms with Crippen LogP contribution in [0.4, 0.5) is 0 Å². The number of primary amides is 1. The first-order valence-electron chi connectivity index (χ1n) is 9.05. The first kappa shape index (κ1) is 19.7. The summed E-state index contributed by atoms with van der Waals surface area (Å²) in [5.41, 5.74) is 6.33. The van der Waals surface area contributed by atoms with Crippen LogP contribution in [0.25, 0.3) is 21.2 Å². The van der Waals surface area contributed by atoms with Crippen LogP contribution in [-0.4, -0.2) is 31.8 Å². The molecule has 1 amide bonds. The van der Waals surface area contributed by atoms with Crippen LogP contribution < -0.4 is 16.0 Å². The van der Waals surface area contributed by atoms with Crippen LogP contribution >= 0.6 is 11.3 Å². The quantitative estimate of drug-likeness (QED) is 0.644. The number of carbonyl (C=O) groups is 1. The maximum absolute atomic E-state index is 12.6. The summed E-state index contributed by atoms with van der Waals surface area (Å²) in [5, 5.41) is 0.550. The van der Waals surface area contributed by atoms with Gasteiger partial charge in [0.15, 0.2) is 9.84 Å². The van der Waals surface area contributed by atoms with Crippen molar-refractivity contribution in [3.05, 3.63) is 45.7 Å². The molecular formula is C20H20N2O5S2. The van der Waals surface area contributed by atoms with Gasteiger partial charge in [0.1, 0.15) is 10.4 Å². The van der Waals surface area contributed by atoms with Gasteiger partial charge in [-0.15, -0.1) is 11.3 Å². The SMILES string of the molecule is Cn1cc(-c2cc(S(C)(=O)=O)ccc2OCC2CC2)c2cc(C(N)=O)sc2c1=O. The Morgan fingerprint density at radius 3 is 2.62 bits per heavy atom. The van der Waals surface area contributed by atoms with E-state index in [2.05, 4.69) is 0 Å². The number of sulfone groups is 1. The van der Waals surface area contributed by atoms with Gasteiger partial charge >= 0.3 is 0 Å². The van der Waals surface area contributed by atoms with Crippen molar-refractivity contribution in [3.8, 4) is 16.9 Å². The molecule has 0 radical (unpaired) electrons. The number of benzene rings is 1. The average molecular weight is 433 g/mol. The van der Waals surface area contributed by atoms with E-state index in [4.69, 9.17) is 10.5 Å². The van der Waals surface area contributed by atoms with Crippen molar-refractivity contribution in [2.75, 3.05) is 12.9 Å². The van der Waals surface area contributed by atoms with Gasteiger partial charge in [0.25, 0.3) is 11.5 Å². The molecule has 3 aromatic rings. The topological polar surface area (TPSA) is 108 Å². The second kappa shape index (κ2) is 7.00. The number of aryl methyl sites for hydroxylation is 1. The molecule has 7 nitrogen and oxygen atoms in total. The average Bonchev–Trinajstić information content (AvgIpc) is 3.37. The Hall–Kier alpha value is -2.65. The maximum atomic E-state index is 12.6. The van der Waals surface area contributed by atoms with Crippen LogP contribution in [0.15, 0.2) is 40.2 Å². The number of fused-ring (bicyclic) bond motifs is 1. The lowest BCUT2D eigenvalue weighted by molar-refractivity contribution is 0.100. The fourth-order valence-electron chi connectivity index (χ4n) is 3.14. The molecule has 2 N–H and O–H groups in total. The molecule has 1 aliphatic carbocycles. The van der Waals surface area contributed by atoms with E-state index in [0.717, 1.165) is 30.4 Å². The third-order valence-electron chi connectivity index (χ3n) is 4.94. The van der Waals surface area contributed by atoms with Crippen molar-refractivity contribution >= 4 is 37.2 Å². The normalized spacial score (nSPS) is 14.3. The Balaban J connectivity index is 1.98. The van der Waals surface area contributed by atoms with E-state index in [1.54, 1.807) is 31.4 Å². The minimum Gasteiger partial charge on any atom is -0.493 e. The number of ether oxygens (including phenoxy) is 1. The summed E-state index contributed by atoms with van der Waals surface area (Å²) < 4.78 is 32.0. The van der Waals surface area contributed by atoms with Gasteiger partial charge < -0.3 is 15.0 Å². The van der Waals surface area contributed by atoms with E-state index in [-0.39, 0.29) is 15.3 Å². The zero-order valence-corrected chi connectivity index (χ0v) is 17.6. The second-order valence-corrected chi connectivity index (χ2v) is 10.4. The van der Waals surface area contributed by atoms with Crippen LogP contribution in [0.2, 0.25) is 0 Å². The van der Waals surface area contributed by atoms with Gasteiger partial charge in [-0.1, -0.05) is 0 Å². The Morgan fingerprint density at radius 1 is 1.28 bits per heavy atom. The predicted octanol–water partition coefficient (Wildman–Crippen LogP) is 2.56. The number of thiophene rings is 1. The molecule has 0 atom stereocenters. The molecule has 0 unspecified atom stereocenters.